The van der Waals surface area contributed by atoms with E-state index in [1.165, 1.54) is 0 Å². The summed E-state index contributed by atoms with van der Waals surface area (Å²) in [4.78, 5) is 20.5. The number of amides is 1. The summed E-state index contributed by atoms with van der Waals surface area (Å²) in [5.41, 5.74) is 0.856. The van der Waals surface area contributed by atoms with Gasteiger partial charge < -0.3 is 15.1 Å². The van der Waals surface area contributed by atoms with Crippen LogP contribution in [0.15, 0.2) is 17.4 Å². The van der Waals surface area contributed by atoms with Crippen LogP contribution in [0.4, 0.5) is 5.69 Å². The molecule has 0 radical (unpaired) electrons. The second-order valence-electron chi connectivity index (χ2n) is 6.00. The van der Waals surface area contributed by atoms with Gasteiger partial charge in [0.2, 0.25) is 5.91 Å². The van der Waals surface area contributed by atoms with E-state index in [9.17, 15) is 4.79 Å². The van der Waals surface area contributed by atoms with Crippen molar-refractivity contribution < 1.29 is 4.79 Å². The lowest BCUT2D eigenvalue weighted by Gasteiger charge is -2.35. The van der Waals surface area contributed by atoms with E-state index in [0.717, 1.165) is 31.2 Å². The first-order valence-corrected chi connectivity index (χ1v) is 7.76. The monoisotopic (exact) mass is 434 g/mol. The Morgan fingerprint density at radius 2 is 2.17 bits per heavy atom. The van der Waals surface area contributed by atoms with Crippen molar-refractivity contribution in [3.8, 4) is 0 Å². The van der Waals surface area contributed by atoms with Crippen LogP contribution in [-0.2, 0) is 11.8 Å². The molecule has 0 aromatic carbocycles. The highest BCUT2D eigenvalue weighted by molar-refractivity contribution is 14.0. The molecule has 2 rings (SSSR count). The number of aromatic nitrogens is 2. The van der Waals surface area contributed by atoms with Gasteiger partial charge in [-0.25, -0.2) is 0 Å². The average molecular weight is 434 g/mol. The van der Waals surface area contributed by atoms with E-state index in [1.54, 1.807) is 22.8 Å². The maximum atomic E-state index is 12.4. The first-order chi connectivity index (χ1) is 10.5. The summed E-state index contributed by atoms with van der Waals surface area (Å²) in [6.45, 7) is 7.02. The van der Waals surface area contributed by atoms with Gasteiger partial charge in [-0.15, -0.1) is 24.0 Å². The normalized spacial score (nSPS) is 15.9. The third-order valence-electron chi connectivity index (χ3n) is 3.74. The Morgan fingerprint density at radius 3 is 2.70 bits per heavy atom. The summed E-state index contributed by atoms with van der Waals surface area (Å²) < 4.78 is 1.71. The Morgan fingerprint density at radius 1 is 1.43 bits per heavy atom. The molecule has 0 spiro atoms. The summed E-state index contributed by atoms with van der Waals surface area (Å²) in [5, 5.41) is 7.47. The number of carbonyl (C=O) groups is 1. The Balaban J connectivity index is 0.00000264. The zero-order valence-corrected chi connectivity index (χ0v) is 16.7. The molecule has 1 N–H and O–H groups in total. The van der Waals surface area contributed by atoms with Crippen molar-refractivity contribution in [2.75, 3.05) is 38.1 Å². The van der Waals surface area contributed by atoms with E-state index in [-0.39, 0.29) is 29.9 Å². The molecule has 23 heavy (non-hydrogen) atoms. The van der Waals surface area contributed by atoms with Gasteiger partial charge in [-0.2, -0.15) is 5.10 Å². The van der Waals surface area contributed by atoms with E-state index in [0.29, 0.717) is 19.0 Å². The third-order valence-corrected chi connectivity index (χ3v) is 3.74. The number of nitrogens with one attached hydrogen (secondary N) is 1. The largest absolute Gasteiger partial charge is 0.356 e. The molecule has 1 amide bonds. The van der Waals surface area contributed by atoms with E-state index in [2.05, 4.69) is 29.3 Å². The Hall–Kier alpha value is -1.32. The lowest BCUT2D eigenvalue weighted by molar-refractivity contribution is -0.120. The van der Waals surface area contributed by atoms with Gasteiger partial charge in [0.25, 0.3) is 0 Å². The maximum Gasteiger partial charge on any atom is 0.246 e. The molecule has 1 aliphatic heterocycles. The molecule has 0 unspecified atom stereocenters. The minimum Gasteiger partial charge on any atom is -0.356 e. The van der Waals surface area contributed by atoms with Crippen LogP contribution in [-0.4, -0.2) is 59.8 Å². The van der Waals surface area contributed by atoms with E-state index >= 15 is 0 Å². The van der Waals surface area contributed by atoms with Crippen molar-refractivity contribution >= 4 is 41.5 Å². The molecule has 2 heterocycles. The van der Waals surface area contributed by atoms with Crippen LogP contribution in [0.25, 0.3) is 0 Å². The second kappa shape index (κ2) is 9.09. The van der Waals surface area contributed by atoms with Crippen LogP contribution >= 0.6 is 24.0 Å². The zero-order chi connectivity index (χ0) is 16.1. The molecular weight excluding hydrogens is 407 g/mol. The predicted octanol–water partition coefficient (Wildman–Crippen LogP) is 1.31. The quantitative estimate of drug-likeness (QED) is 0.441. The molecule has 7 nitrogen and oxygen atoms in total. The number of halogens is 1. The molecule has 0 saturated carbocycles. The fourth-order valence-electron chi connectivity index (χ4n) is 2.48. The molecule has 0 aliphatic carbocycles. The van der Waals surface area contributed by atoms with Crippen LogP contribution in [0.5, 0.6) is 0 Å². The molecule has 1 aromatic rings. The summed E-state index contributed by atoms with van der Waals surface area (Å²) >= 11 is 0. The van der Waals surface area contributed by atoms with Gasteiger partial charge in [0.15, 0.2) is 5.96 Å². The van der Waals surface area contributed by atoms with E-state index in [1.807, 2.05) is 18.1 Å². The van der Waals surface area contributed by atoms with E-state index < -0.39 is 0 Å². The van der Waals surface area contributed by atoms with Crippen LogP contribution in [0.2, 0.25) is 0 Å². The molecular formula is C15H27IN6O. The number of guanidine groups is 1. The highest BCUT2D eigenvalue weighted by atomic mass is 127. The standard InChI is InChI=1S/C15H26N6O.HI/c1-12(2)5-6-17-15(16-3)20-7-8-21(14(22)11-20)13-9-18-19(4)10-13;/h9-10,12H,5-8,11H2,1-4H3,(H,16,17);1H. The number of piperazine rings is 1. The van der Waals surface area contributed by atoms with E-state index in [4.69, 9.17) is 0 Å². The van der Waals surface area contributed by atoms with Crippen molar-refractivity contribution in [2.24, 2.45) is 18.0 Å². The van der Waals surface area contributed by atoms with Crippen molar-refractivity contribution in [2.45, 2.75) is 20.3 Å². The van der Waals surface area contributed by atoms with Gasteiger partial charge in [0, 0.05) is 39.9 Å². The maximum absolute atomic E-state index is 12.4. The third kappa shape index (κ3) is 5.36. The SMILES string of the molecule is CN=C(NCCC(C)C)N1CCN(c2cnn(C)c2)C(=O)C1.I. The van der Waals surface area contributed by atoms with Gasteiger partial charge in [0.05, 0.1) is 11.9 Å². The summed E-state index contributed by atoms with van der Waals surface area (Å²) in [6.07, 6.45) is 4.68. The number of hydrogen-bond acceptors (Lipinski definition) is 3. The van der Waals surface area contributed by atoms with Gasteiger partial charge in [-0.1, -0.05) is 13.8 Å². The van der Waals surface area contributed by atoms with Crippen LogP contribution in [0.1, 0.15) is 20.3 Å². The topological polar surface area (TPSA) is 65.8 Å². The van der Waals surface area contributed by atoms with Crippen molar-refractivity contribution in [1.82, 2.24) is 20.0 Å². The number of anilines is 1. The molecule has 0 bridgehead atoms. The van der Waals surface area contributed by atoms with Crippen molar-refractivity contribution in [1.29, 1.82) is 0 Å². The summed E-state index contributed by atoms with van der Waals surface area (Å²) in [7, 11) is 3.61. The average Bonchev–Trinajstić information content (AvgIpc) is 2.89. The Labute approximate surface area is 155 Å². The highest BCUT2D eigenvalue weighted by Crippen LogP contribution is 2.16. The molecule has 130 valence electrons. The van der Waals surface area contributed by atoms with Gasteiger partial charge in [-0.05, 0) is 12.3 Å². The first-order valence-electron chi connectivity index (χ1n) is 7.76. The highest BCUT2D eigenvalue weighted by Gasteiger charge is 2.27. The lowest BCUT2D eigenvalue weighted by atomic mass is 10.1. The van der Waals surface area contributed by atoms with Crippen LogP contribution < -0.4 is 10.2 Å². The number of rotatable bonds is 4. The fraction of sp³-hybridized carbons (Fsp3) is 0.667. The molecule has 8 heteroatoms. The number of carbonyl (C=O) groups excluding carboxylic acids is 1. The minimum atomic E-state index is 0. The molecule has 1 aliphatic rings. The van der Waals surface area contributed by atoms with Crippen LogP contribution in [0, 0.1) is 5.92 Å². The molecule has 1 saturated heterocycles. The smallest absolute Gasteiger partial charge is 0.246 e. The van der Waals surface area contributed by atoms with Crippen molar-refractivity contribution in [3.05, 3.63) is 12.4 Å². The fourth-order valence-corrected chi connectivity index (χ4v) is 2.48. The number of aliphatic imine (C=N–C) groups is 1. The summed E-state index contributed by atoms with van der Waals surface area (Å²) in [6, 6.07) is 0. The predicted molar refractivity (Wildman–Crippen MR) is 103 cm³/mol. The number of nitrogens with zero attached hydrogens (tertiary/aromatic N) is 5. The first kappa shape index (κ1) is 19.7. The van der Waals surface area contributed by atoms with Crippen molar-refractivity contribution in [3.63, 3.8) is 0 Å². The number of hydrogen-bond donors (Lipinski definition) is 1. The molecule has 1 aromatic heterocycles. The Kier molecular flexibility index (Phi) is 7.80. The van der Waals surface area contributed by atoms with Gasteiger partial charge in [-0.3, -0.25) is 14.5 Å². The number of aryl methyl sites for hydroxylation is 1. The molecule has 1 fully saturated rings. The zero-order valence-electron chi connectivity index (χ0n) is 14.3. The molecule has 0 atom stereocenters. The second-order valence-corrected chi connectivity index (χ2v) is 6.00. The minimum absolute atomic E-state index is 0. The van der Waals surface area contributed by atoms with Gasteiger partial charge >= 0.3 is 0 Å². The Bertz CT molecular complexity index is 542. The lowest BCUT2D eigenvalue weighted by Crippen LogP contribution is -2.55. The van der Waals surface area contributed by atoms with Gasteiger partial charge in [0.1, 0.15) is 6.54 Å². The summed E-state index contributed by atoms with van der Waals surface area (Å²) in [5.74, 6) is 1.53. The van der Waals surface area contributed by atoms with Crippen LogP contribution in [0.3, 0.4) is 0 Å².